The zero-order chi connectivity index (χ0) is 22.3. The van der Waals surface area contributed by atoms with Gasteiger partial charge in [0.15, 0.2) is 17.3 Å². The Morgan fingerprint density at radius 2 is 1.90 bits per heavy atom. The maximum Gasteiger partial charge on any atom is 0.285 e. The molecule has 0 saturated heterocycles. The maximum absolute atomic E-state index is 13.0. The summed E-state index contributed by atoms with van der Waals surface area (Å²) in [6.07, 6.45) is 0. The van der Waals surface area contributed by atoms with Crippen molar-refractivity contribution < 1.29 is 14.3 Å². The lowest BCUT2D eigenvalue weighted by Crippen LogP contribution is -2.30. The third-order valence-electron chi connectivity index (χ3n) is 5.69. The predicted octanol–water partition coefficient (Wildman–Crippen LogP) is 2.81. The number of hydrogen-bond acceptors (Lipinski definition) is 6. The monoisotopic (exact) mass is 418 g/mol. The molecule has 0 bridgehead atoms. The molecule has 8 nitrogen and oxygen atoms in total. The van der Waals surface area contributed by atoms with Crippen LogP contribution in [0.25, 0.3) is 0 Å². The smallest absolute Gasteiger partial charge is 0.285 e. The molecule has 1 aliphatic rings. The van der Waals surface area contributed by atoms with Crippen LogP contribution in [0.4, 0.5) is 0 Å². The van der Waals surface area contributed by atoms with Crippen LogP contribution in [0.15, 0.2) is 29.1 Å². The van der Waals surface area contributed by atoms with E-state index in [9.17, 15) is 14.9 Å². The highest BCUT2D eigenvalue weighted by Gasteiger charge is 2.20. The number of aromatic nitrogens is 3. The van der Waals surface area contributed by atoms with E-state index in [0.29, 0.717) is 29.1 Å². The minimum Gasteiger partial charge on any atom is -0.454 e. The van der Waals surface area contributed by atoms with Gasteiger partial charge in [-0.15, -0.1) is 0 Å². The summed E-state index contributed by atoms with van der Waals surface area (Å²) >= 11 is 0. The molecule has 0 unspecified atom stereocenters. The van der Waals surface area contributed by atoms with Gasteiger partial charge in [0.25, 0.3) is 5.56 Å². The van der Waals surface area contributed by atoms with E-state index >= 15 is 0 Å². The summed E-state index contributed by atoms with van der Waals surface area (Å²) < 4.78 is 13.9. The molecule has 8 heteroatoms. The summed E-state index contributed by atoms with van der Waals surface area (Å²) in [7, 11) is 0. The van der Waals surface area contributed by atoms with Crippen LogP contribution in [0.3, 0.4) is 0 Å². The zero-order valence-electron chi connectivity index (χ0n) is 17.9. The maximum atomic E-state index is 13.0. The highest BCUT2D eigenvalue weighted by atomic mass is 16.7. The van der Waals surface area contributed by atoms with Gasteiger partial charge in [-0.3, -0.25) is 9.59 Å². The summed E-state index contributed by atoms with van der Waals surface area (Å²) in [6, 6.07) is 9.52. The third kappa shape index (κ3) is 3.59. The second kappa shape index (κ2) is 7.76. The first kappa shape index (κ1) is 20.4. The van der Waals surface area contributed by atoms with E-state index in [4.69, 9.17) is 9.47 Å². The fraction of sp³-hybridized carbons (Fsp3) is 0.304. The number of carbonyl (C=O) groups excluding carboxylic acids is 1. The largest absolute Gasteiger partial charge is 0.454 e. The van der Waals surface area contributed by atoms with Gasteiger partial charge >= 0.3 is 0 Å². The van der Waals surface area contributed by atoms with Crippen LogP contribution >= 0.6 is 0 Å². The Morgan fingerprint density at radius 3 is 2.65 bits per heavy atom. The molecule has 0 saturated carbocycles. The van der Waals surface area contributed by atoms with Crippen molar-refractivity contribution in [3.05, 3.63) is 74.0 Å². The molecule has 158 valence electrons. The van der Waals surface area contributed by atoms with E-state index in [-0.39, 0.29) is 24.7 Å². The summed E-state index contributed by atoms with van der Waals surface area (Å²) in [6.45, 7) is 7.78. The molecule has 0 spiro atoms. The van der Waals surface area contributed by atoms with E-state index in [2.05, 4.69) is 5.10 Å². The Hall–Kier alpha value is -3.86. The first-order valence-corrected chi connectivity index (χ1v) is 9.87. The van der Waals surface area contributed by atoms with Gasteiger partial charge < -0.3 is 14.0 Å². The van der Waals surface area contributed by atoms with Crippen LogP contribution in [-0.4, -0.2) is 26.9 Å². The fourth-order valence-electron chi connectivity index (χ4n) is 3.78. The topological polar surface area (TPSA) is 99.1 Å². The molecule has 2 aromatic heterocycles. The summed E-state index contributed by atoms with van der Waals surface area (Å²) in [5.74, 6) is 1.21. The van der Waals surface area contributed by atoms with Crippen LogP contribution in [0.2, 0.25) is 0 Å². The van der Waals surface area contributed by atoms with Crippen molar-refractivity contribution >= 4 is 5.78 Å². The molecule has 1 aromatic carbocycles. The van der Waals surface area contributed by atoms with E-state index in [1.807, 2.05) is 48.7 Å². The van der Waals surface area contributed by atoms with E-state index < -0.39 is 5.56 Å². The van der Waals surface area contributed by atoms with Gasteiger partial charge in [0, 0.05) is 23.5 Å². The third-order valence-corrected chi connectivity index (χ3v) is 5.69. The van der Waals surface area contributed by atoms with Gasteiger partial charge in [-0.25, -0.2) is 4.68 Å². The van der Waals surface area contributed by atoms with Crippen molar-refractivity contribution in [2.45, 2.75) is 40.8 Å². The van der Waals surface area contributed by atoms with Crippen molar-refractivity contribution in [3.63, 3.8) is 0 Å². The first-order chi connectivity index (χ1) is 14.8. The van der Waals surface area contributed by atoms with Gasteiger partial charge in [-0.05, 0) is 57.0 Å². The molecule has 0 fully saturated rings. The number of fused-ring (bicyclic) bond motifs is 1. The van der Waals surface area contributed by atoms with Crippen LogP contribution < -0.4 is 15.0 Å². The van der Waals surface area contributed by atoms with Gasteiger partial charge in [-0.1, -0.05) is 6.07 Å². The summed E-state index contributed by atoms with van der Waals surface area (Å²) in [5, 5.41) is 13.5. The summed E-state index contributed by atoms with van der Waals surface area (Å²) in [4.78, 5) is 25.6. The molecule has 0 radical (unpaired) electrons. The number of rotatable bonds is 5. The Kier molecular flexibility index (Phi) is 5.11. The molecule has 31 heavy (non-hydrogen) atoms. The lowest BCUT2D eigenvalue weighted by molar-refractivity contribution is 0.0964. The van der Waals surface area contributed by atoms with E-state index in [1.54, 1.807) is 13.8 Å². The molecule has 0 N–H and O–H groups in total. The fourth-order valence-corrected chi connectivity index (χ4v) is 3.78. The van der Waals surface area contributed by atoms with E-state index in [0.717, 1.165) is 27.4 Å². The van der Waals surface area contributed by atoms with Crippen LogP contribution in [0, 0.1) is 39.0 Å². The highest BCUT2D eigenvalue weighted by molar-refractivity contribution is 5.97. The lowest BCUT2D eigenvalue weighted by Gasteiger charge is -2.11. The van der Waals surface area contributed by atoms with E-state index in [1.165, 1.54) is 0 Å². The molecule has 0 amide bonds. The molecule has 0 aliphatic carbocycles. The van der Waals surface area contributed by atoms with Gasteiger partial charge in [-0.2, -0.15) is 10.4 Å². The minimum atomic E-state index is -0.548. The average molecular weight is 418 g/mol. The highest BCUT2D eigenvalue weighted by Crippen LogP contribution is 2.33. The molecular weight excluding hydrogens is 396 g/mol. The number of nitriles is 1. The van der Waals surface area contributed by atoms with Gasteiger partial charge in [0.1, 0.15) is 18.2 Å². The van der Waals surface area contributed by atoms with Crippen LogP contribution in [0.1, 0.15) is 44.1 Å². The van der Waals surface area contributed by atoms with Crippen LogP contribution in [0.5, 0.6) is 11.5 Å². The number of carbonyl (C=O) groups is 1. The number of Topliss-reactive ketones (excluding diaryl/α,β-unsaturated/α-hetero) is 1. The molecule has 3 aromatic rings. The van der Waals surface area contributed by atoms with Gasteiger partial charge in [0.2, 0.25) is 6.79 Å². The number of ether oxygens (including phenoxy) is 2. The van der Waals surface area contributed by atoms with Crippen molar-refractivity contribution in [2.75, 3.05) is 6.79 Å². The standard InChI is InChI=1S/C23H22N4O4/c1-13-7-18(20(28)11-27-23(29)19(9-24)14(2)15(3)25-27)16(4)26(13)10-17-5-6-21-22(8-17)31-12-30-21/h5-8H,10-12H2,1-4H3. The molecule has 4 rings (SSSR count). The Morgan fingerprint density at radius 1 is 1.16 bits per heavy atom. The van der Waals surface area contributed by atoms with Gasteiger partial charge in [0.05, 0.1) is 5.69 Å². The molecule has 3 heterocycles. The Balaban J connectivity index is 1.62. The normalized spacial score (nSPS) is 12.1. The SMILES string of the molecule is Cc1nn(CC(=O)c2cc(C)n(Cc3ccc4c(c3)OCO4)c2C)c(=O)c(C#N)c1C. The number of aryl methyl sites for hydroxylation is 2. The molecule has 1 aliphatic heterocycles. The quantitative estimate of drug-likeness (QED) is 0.591. The van der Waals surface area contributed by atoms with Crippen molar-refractivity contribution in [2.24, 2.45) is 0 Å². The first-order valence-electron chi connectivity index (χ1n) is 9.87. The van der Waals surface area contributed by atoms with Crippen molar-refractivity contribution in [1.29, 1.82) is 5.26 Å². The Bertz CT molecular complexity index is 1310. The lowest BCUT2D eigenvalue weighted by atomic mass is 10.1. The van der Waals surface area contributed by atoms with Crippen molar-refractivity contribution in [1.82, 2.24) is 14.3 Å². The number of benzene rings is 1. The number of nitrogens with zero attached hydrogens (tertiary/aromatic N) is 4. The second-order valence-corrected chi connectivity index (χ2v) is 7.64. The zero-order valence-corrected chi connectivity index (χ0v) is 17.9. The summed E-state index contributed by atoms with van der Waals surface area (Å²) in [5.41, 5.74) is 3.85. The van der Waals surface area contributed by atoms with Crippen molar-refractivity contribution in [3.8, 4) is 17.6 Å². The molecule has 0 atom stereocenters. The predicted molar refractivity (Wildman–Crippen MR) is 113 cm³/mol. The average Bonchev–Trinajstić information content (AvgIpc) is 3.32. The second-order valence-electron chi connectivity index (χ2n) is 7.64. The molecular formula is C23H22N4O4. The number of hydrogen-bond donors (Lipinski definition) is 0. The minimum absolute atomic E-state index is 0.0218. The Labute approximate surface area is 179 Å². The number of ketones is 1. The van der Waals surface area contributed by atoms with Crippen LogP contribution in [-0.2, 0) is 13.1 Å².